The lowest BCUT2D eigenvalue weighted by Crippen LogP contribution is -1.93. The molecular weight excluding hydrogens is 172 g/mol. The van der Waals surface area contributed by atoms with E-state index in [1.807, 2.05) is 0 Å². The summed E-state index contributed by atoms with van der Waals surface area (Å²) < 4.78 is 0. The van der Waals surface area contributed by atoms with Crippen molar-refractivity contribution >= 4 is 30.0 Å². The number of thiazole rings is 1. The molecule has 10 heavy (non-hydrogen) atoms. The molecule has 0 saturated carbocycles. The van der Waals surface area contributed by atoms with Gasteiger partial charge in [-0.1, -0.05) is 0 Å². The molecule has 1 aromatic rings. The minimum Gasteiger partial charge on any atom is -0.325 e. The Morgan fingerprint density at radius 1 is 1.80 bits per heavy atom. The fraction of sp³-hybridized carbons (Fsp3) is 0.200. The summed E-state index contributed by atoms with van der Waals surface area (Å²) in [6.07, 6.45) is 2.30. The maximum atomic E-state index is 10.1. The smallest absolute Gasteiger partial charge is 0.161 e. The summed E-state index contributed by atoms with van der Waals surface area (Å²) in [5.74, 6) is 0. The average molecular weight is 179 g/mol. The number of carbonyl (C=O) groups is 1. The van der Waals surface area contributed by atoms with Gasteiger partial charge in [-0.25, -0.2) is 4.98 Å². The molecule has 1 heterocycles. The van der Waals surface area contributed by atoms with Crippen molar-refractivity contribution in [2.75, 3.05) is 0 Å². The van der Waals surface area contributed by atoms with Crippen LogP contribution in [0.3, 0.4) is 0 Å². The predicted molar refractivity (Wildman–Crippen MR) is 42.6 cm³/mol. The molecule has 0 unspecified atom stereocenters. The number of hydrogen-bond donors (Lipinski definition) is 1. The summed E-state index contributed by atoms with van der Waals surface area (Å²) in [5.41, 5.74) is 5.25. The zero-order chi connectivity index (χ0) is 6.69. The van der Waals surface area contributed by atoms with Gasteiger partial charge in [0.1, 0.15) is 5.01 Å². The molecule has 0 bridgehead atoms. The maximum absolute atomic E-state index is 10.1. The van der Waals surface area contributed by atoms with Gasteiger partial charge in [-0.3, -0.25) is 4.79 Å². The van der Waals surface area contributed by atoms with Gasteiger partial charge in [-0.2, -0.15) is 0 Å². The van der Waals surface area contributed by atoms with Crippen molar-refractivity contribution in [1.29, 1.82) is 0 Å². The lowest BCUT2D eigenvalue weighted by Gasteiger charge is -1.79. The van der Waals surface area contributed by atoms with Gasteiger partial charge in [0.15, 0.2) is 6.29 Å². The number of nitrogens with two attached hydrogens (primary N) is 1. The molecular formula is C5H7ClN2OS. The Morgan fingerprint density at radius 2 is 2.50 bits per heavy atom. The van der Waals surface area contributed by atoms with E-state index in [0.717, 1.165) is 11.3 Å². The second-order valence-corrected chi connectivity index (χ2v) is 2.63. The van der Waals surface area contributed by atoms with Crippen molar-refractivity contribution in [3.05, 3.63) is 16.1 Å². The Labute approximate surface area is 68.7 Å². The molecule has 1 aromatic heterocycles. The standard InChI is InChI=1S/C5H6N2OS.ClH/c6-1-5-7-2-4(3-8)9-5;/h2-3H,1,6H2;1H. The number of aromatic nitrogens is 1. The van der Waals surface area contributed by atoms with E-state index in [0.29, 0.717) is 11.4 Å². The fourth-order valence-corrected chi connectivity index (χ4v) is 1.09. The third-order valence-corrected chi connectivity index (χ3v) is 1.81. The molecule has 0 aliphatic heterocycles. The van der Waals surface area contributed by atoms with Crippen LogP contribution in [0.15, 0.2) is 6.20 Å². The molecule has 5 heteroatoms. The lowest BCUT2D eigenvalue weighted by molar-refractivity contribution is 0.112. The first-order valence-corrected chi connectivity index (χ1v) is 3.28. The van der Waals surface area contributed by atoms with Crippen molar-refractivity contribution in [1.82, 2.24) is 4.98 Å². The van der Waals surface area contributed by atoms with Crippen LogP contribution >= 0.6 is 23.7 Å². The van der Waals surface area contributed by atoms with Gasteiger partial charge in [0.2, 0.25) is 0 Å². The zero-order valence-electron chi connectivity index (χ0n) is 5.11. The van der Waals surface area contributed by atoms with Crippen LogP contribution in [0.4, 0.5) is 0 Å². The SMILES string of the molecule is Cl.NCc1ncc(C=O)s1. The number of nitrogens with zero attached hydrogens (tertiary/aromatic N) is 1. The van der Waals surface area contributed by atoms with Crippen LogP contribution in [0.25, 0.3) is 0 Å². The number of halogens is 1. The quantitative estimate of drug-likeness (QED) is 0.683. The summed E-state index contributed by atoms with van der Waals surface area (Å²) in [7, 11) is 0. The number of aldehydes is 1. The van der Waals surface area contributed by atoms with E-state index in [1.54, 1.807) is 0 Å². The third kappa shape index (κ3) is 2.06. The Morgan fingerprint density at radius 3 is 2.80 bits per heavy atom. The van der Waals surface area contributed by atoms with Gasteiger partial charge >= 0.3 is 0 Å². The molecule has 0 aliphatic carbocycles. The molecule has 0 aromatic carbocycles. The summed E-state index contributed by atoms with van der Waals surface area (Å²) in [6, 6.07) is 0. The van der Waals surface area contributed by atoms with Gasteiger partial charge in [0.25, 0.3) is 0 Å². The van der Waals surface area contributed by atoms with Crippen LogP contribution in [0, 0.1) is 0 Å². The van der Waals surface area contributed by atoms with E-state index in [2.05, 4.69) is 4.98 Å². The highest BCUT2D eigenvalue weighted by molar-refractivity contribution is 7.13. The molecule has 2 N–H and O–H groups in total. The average Bonchev–Trinajstić information content (AvgIpc) is 2.34. The van der Waals surface area contributed by atoms with Crippen LogP contribution in [0.1, 0.15) is 14.7 Å². The maximum Gasteiger partial charge on any atom is 0.161 e. The van der Waals surface area contributed by atoms with Crippen molar-refractivity contribution in [3.8, 4) is 0 Å². The van der Waals surface area contributed by atoms with Gasteiger partial charge in [-0.05, 0) is 0 Å². The molecule has 0 saturated heterocycles. The van der Waals surface area contributed by atoms with Crippen molar-refractivity contribution in [2.45, 2.75) is 6.54 Å². The monoisotopic (exact) mass is 178 g/mol. The van der Waals surface area contributed by atoms with E-state index in [1.165, 1.54) is 17.5 Å². The van der Waals surface area contributed by atoms with Crippen molar-refractivity contribution in [2.24, 2.45) is 5.73 Å². The number of rotatable bonds is 2. The molecule has 56 valence electrons. The van der Waals surface area contributed by atoms with E-state index in [4.69, 9.17) is 5.73 Å². The second kappa shape index (κ2) is 4.38. The van der Waals surface area contributed by atoms with E-state index in [-0.39, 0.29) is 12.4 Å². The summed E-state index contributed by atoms with van der Waals surface area (Å²) in [6.45, 7) is 0.415. The first kappa shape index (κ1) is 9.55. The van der Waals surface area contributed by atoms with Crippen LogP contribution in [-0.4, -0.2) is 11.3 Å². The van der Waals surface area contributed by atoms with Crippen LogP contribution in [0.5, 0.6) is 0 Å². The topological polar surface area (TPSA) is 56.0 Å². The largest absolute Gasteiger partial charge is 0.325 e. The molecule has 0 radical (unpaired) electrons. The Bertz CT molecular complexity index is 213. The second-order valence-electron chi connectivity index (χ2n) is 1.48. The Hall–Kier alpha value is -0.450. The first-order valence-electron chi connectivity index (χ1n) is 2.46. The minimum atomic E-state index is 0. The van der Waals surface area contributed by atoms with Crippen molar-refractivity contribution in [3.63, 3.8) is 0 Å². The highest BCUT2D eigenvalue weighted by Gasteiger charge is 1.95. The molecule has 3 nitrogen and oxygen atoms in total. The van der Waals surface area contributed by atoms with E-state index >= 15 is 0 Å². The van der Waals surface area contributed by atoms with Crippen molar-refractivity contribution < 1.29 is 4.79 Å². The molecule has 0 aliphatic rings. The number of hydrogen-bond acceptors (Lipinski definition) is 4. The summed E-state index contributed by atoms with van der Waals surface area (Å²) in [4.78, 5) is 14.6. The molecule has 0 amide bonds. The first-order chi connectivity index (χ1) is 4.36. The van der Waals surface area contributed by atoms with E-state index < -0.39 is 0 Å². The van der Waals surface area contributed by atoms with Gasteiger partial charge in [0.05, 0.1) is 4.88 Å². The van der Waals surface area contributed by atoms with E-state index in [9.17, 15) is 4.79 Å². The van der Waals surface area contributed by atoms with Gasteiger partial charge < -0.3 is 5.73 Å². The minimum absolute atomic E-state index is 0. The van der Waals surface area contributed by atoms with Crippen LogP contribution in [0.2, 0.25) is 0 Å². The number of carbonyl (C=O) groups excluding carboxylic acids is 1. The zero-order valence-corrected chi connectivity index (χ0v) is 6.74. The molecule has 0 spiro atoms. The third-order valence-electron chi connectivity index (χ3n) is 0.862. The van der Waals surface area contributed by atoms with Crippen LogP contribution in [-0.2, 0) is 6.54 Å². The fourth-order valence-electron chi connectivity index (χ4n) is 0.473. The highest BCUT2D eigenvalue weighted by atomic mass is 35.5. The Kier molecular flexibility index (Phi) is 4.18. The normalized spacial score (nSPS) is 8.50. The molecule has 0 fully saturated rings. The van der Waals surface area contributed by atoms with Gasteiger partial charge in [0, 0.05) is 12.7 Å². The summed E-state index contributed by atoms with van der Waals surface area (Å²) >= 11 is 1.33. The van der Waals surface area contributed by atoms with Crippen LogP contribution < -0.4 is 5.73 Å². The summed E-state index contributed by atoms with van der Waals surface area (Å²) in [5, 5.41) is 0.803. The highest BCUT2D eigenvalue weighted by Crippen LogP contribution is 2.08. The lowest BCUT2D eigenvalue weighted by atomic mass is 10.6. The van der Waals surface area contributed by atoms with Gasteiger partial charge in [-0.15, -0.1) is 23.7 Å². The predicted octanol–water partition coefficient (Wildman–Crippen LogP) is 0.836. The molecule has 1 rings (SSSR count). The molecule has 0 atom stereocenters. The Balaban J connectivity index is 0.000000810.